The van der Waals surface area contributed by atoms with Gasteiger partial charge in [-0.3, -0.25) is 19.2 Å². The molecule has 0 aromatic rings. The van der Waals surface area contributed by atoms with Gasteiger partial charge in [0.25, 0.3) is 11.7 Å². The minimum atomic E-state index is -2.45. The van der Waals surface area contributed by atoms with Crippen molar-refractivity contribution in [2.45, 2.75) is 186 Å². The molecule has 16 heteroatoms. The highest BCUT2D eigenvalue weighted by molar-refractivity contribution is 14.1. The van der Waals surface area contributed by atoms with Gasteiger partial charge in [0.1, 0.15) is 30.1 Å². The molecular formula is C56H88INO14. The number of aliphatic hydroxyl groups is 2. The third-order valence-electron chi connectivity index (χ3n) is 15.4. The van der Waals surface area contributed by atoms with Gasteiger partial charge in [0.15, 0.2) is 5.78 Å². The van der Waals surface area contributed by atoms with E-state index in [1.54, 1.807) is 41.1 Å². The van der Waals surface area contributed by atoms with Crippen LogP contribution in [0, 0.1) is 35.5 Å². The second-order valence-corrected chi connectivity index (χ2v) is 22.2. The van der Waals surface area contributed by atoms with Gasteiger partial charge in [-0.2, -0.15) is 0 Å². The van der Waals surface area contributed by atoms with Crippen molar-refractivity contribution in [1.82, 2.24) is 4.90 Å². The second-order valence-electron chi connectivity index (χ2n) is 21.1. The number of ether oxygens (including phenoxy) is 7. The van der Waals surface area contributed by atoms with E-state index in [0.717, 1.165) is 35.7 Å². The maximum absolute atomic E-state index is 14.6. The summed E-state index contributed by atoms with van der Waals surface area (Å²) in [5.41, 5.74) is 1.26. The SMILES string of the molecule is COCCO[C@H]1C[C@@H]2CC[C@@H](C)[C@@](O)(O2)C(=O)C(=O)N2CCCC[C@H]2C(=O)O[C@H](C(C)C[C@@H]2CC[C@@H](OCCCI)[C@H](OC)C2)CC(=O)[C@H](C)/C=C(\C)[C@@H](O)[C@@H](OC)C(=O)[C@H](C)C[C@H](C)/C=C/C=C/C=C/1C. The van der Waals surface area contributed by atoms with Crippen molar-refractivity contribution in [2.24, 2.45) is 35.5 Å². The lowest BCUT2D eigenvalue weighted by Gasteiger charge is -2.43. The molecule has 3 aliphatic heterocycles. The first-order chi connectivity index (χ1) is 34.3. The average Bonchev–Trinajstić information content (AvgIpc) is 3.36. The van der Waals surface area contributed by atoms with Crippen LogP contribution < -0.4 is 0 Å². The number of nitrogens with zero attached hydrogens (tertiary/aromatic N) is 1. The van der Waals surface area contributed by atoms with Crippen molar-refractivity contribution in [2.75, 3.05) is 52.1 Å². The van der Waals surface area contributed by atoms with E-state index in [1.165, 1.54) is 12.0 Å². The molecule has 3 fully saturated rings. The molecule has 1 unspecified atom stereocenters. The van der Waals surface area contributed by atoms with Crippen LogP contribution in [0.3, 0.4) is 0 Å². The summed E-state index contributed by atoms with van der Waals surface area (Å²) in [5, 5.41) is 23.6. The number of ketones is 3. The molecule has 15 atom stereocenters. The number of amides is 1. The zero-order valence-corrected chi connectivity index (χ0v) is 47.1. The molecule has 0 aromatic carbocycles. The summed E-state index contributed by atoms with van der Waals surface area (Å²) in [6.07, 6.45) is 13.5. The number of piperidine rings is 1. The van der Waals surface area contributed by atoms with Crippen LogP contribution in [0.1, 0.15) is 132 Å². The maximum Gasteiger partial charge on any atom is 0.329 e. The van der Waals surface area contributed by atoms with Gasteiger partial charge in [0, 0.05) is 69.5 Å². The van der Waals surface area contributed by atoms with Gasteiger partial charge in [0.05, 0.1) is 37.6 Å². The van der Waals surface area contributed by atoms with E-state index in [2.05, 4.69) is 22.6 Å². The average molecular weight is 1130 g/mol. The summed E-state index contributed by atoms with van der Waals surface area (Å²) in [6, 6.07) is -1.14. The molecule has 1 saturated carbocycles. The molecule has 2 saturated heterocycles. The standard InChI is InChI=1S/C56H88INO14/c1-35-17-12-11-13-18-36(2)47(70-28-27-66-8)33-43-22-20-41(7)56(65,72-43)53(62)54(63)58-25-15-14-19-44(58)55(64)71-48(38(4)31-42-21-23-46(49(32-42)67-9)69-26-16-24-57)34-45(59)37(3)30-40(6)51(61)52(68-10)50(60)39(5)29-35/h11-13,17-18,30,35,37-39,41-44,46-49,51-52,61,65H,14-16,19-29,31-34H2,1-10H3/b13-11+,17-12+,36-18+,40-30+/t35-,37-,38?,39-,41-,42+,43+,44+,46-,47+,48+,49-,51-,52+,56-/m1/s1. The van der Waals surface area contributed by atoms with Crippen molar-refractivity contribution < 1.29 is 67.3 Å². The van der Waals surface area contributed by atoms with Crippen LogP contribution in [0.5, 0.6) is 0 Å². The minimum absolute atomic E-state index is 0.00824. The number of cyclic esters (lactones) is 1. The zero-order valence-electron chi connectivity index (χ0n) is 44.9. The number of alkyl halides is 1. The number of Topliss-reactive ketones (excluding diaryl/α,β-unsaturated/α-hetero) is 3. The Kier molecular flexibility index (Phi) is 26.4. The Bertz CT molecular complexity index is 1890. The second kappa shape index (κ2) is 30.8. The van der Waals surface area contributed by atoms with Gasteiger partial charge in [-0.05, 0) is 113 Å². The van der Waals surface area contributed by atoms with Gasteiger partial charge in [-0.1, -0.05) is 93.7 Å². The molecule has 1 aliphatic carbocycles. The number of hydrogen-bond donors (Lipinski definition) is 2. The van der Waals surface area contributed by atoms with Crippen LogP contribution in [0.15, 0.2) is 47.6 Å². The Hall–Kier alpha value is -2.68. The third-order valence-corrected chi connectivity index (χ3v) is 16.1. The topological polar surface area (TPSA) is 194 Å². The van der Waals surface area contributed by atoms with Gasteiger partial charge >= 0.3 is 5.97 Å². The van der Waals surface area contributed by atoms with Crippen LogP contribution in [0.25, 0.3) is 0 Å². The molecule has 0 aromatic heterocycles. The molecule has 4 aliphatic rings. The smallest absolute Gasteiger partial charge is 0.329 e. The molecule has 0 spiro atoms. The van der Waals surface area contributed by atoms with Gasteiger partial charge in [-0.15, -0.1) is 0 Å². The number of halogens is 1. The first-order valence-electron chi connectivity index (χ1n) is 26.5. The number of rotatable bonds is 13. The van der Waals surface area contributed by atoms with Crippen LogP contribution in [0.4, 0.5) is 0 Å². The number of hydrogen-bond acceptors (Lipinski definition) is 14. The Balaban J connectivity index is 1.71. The minimum Gasteiger partial charge on any atom is -0.460 e. The predicted molar refractivity (Wildman–Crippen MR) is 283 cm³/mol. The molecule has 2 N–H and O–H groups in total. The lowest BCUT2D eigenvalue weighted by Crippen LogP contribution is -2.61. The lowest BCUT2D eigenvalue weighted by molar-refractivity contribution is -0.266. The summed E-state index contributed by atoms with van der Waals surface area (Å²) in [4.78, 5) is 72.7. The zero-order chi connectivity index (χ0) is 53.1. The van der Waals surface area contributed by atoms with Crippen molar-refractivity contribution >= 4 is 51.8 Å². The van der Waals surface area contributed by atoms with Gasteiger partial charge < -0.3 is 48.3 Å². The quantitative estimate of drug-likeness (QED) is 0.0449. The number of esters is 1. The molecule has 15 nitrogen and oxygen atoms in total. The number of carbonyl (C=O) groups excluding carboxylic acids is 5. The molecule has 4 rings (SSSR count). The van der Waals surface area contributed by atoms with E-state index in [-0.39, 0.29) is 73.9 Å². The third kappa shape index (κ3) is 17.7. The lowest BCUT2D eigenvalue weighted by atomic mass is 9.78. The van der Waals surface area contributed by atoms with E-state index in [0.29, 0.717) is 57.3 Å². The number of allylic oxidation sites excluding steroid dienone is 6. The summed E-state index contributed by atoms with van der Waals surface area (Å²) in [6.45, 7) is 14.2. The predicted octanol–water partition coefficient (Wildman–Crippen LogP) is 8.05. The maximum atomic E-state index is 14.6. The fraction of sp³-hybridized carbons (Fsp3) is 0.768. The summed E-state index contributed by atoms with van der Waals surface area (Å²) in [5.74, 6) is -7.85. The van der Waals surface area contributed by atoms with Crippen LogP contribution >= 0.6 is 22.6 Å². The highest BCUT2D eigenvalue weighted by Gasteiger charge is 2.53. The highest BCUT2D eigenvalue weighted by atomic mass is 127. The normalized spacial score (nSPS) is 37.7. The summed E-state index contributed by atoms with van der Waals surface area (Å²) >= 11 is 2.34. The van der Waals surface area contributed by atoms with Crippen LogP contribution in [-0.4, -0.2) is 151 Å². The Morgan fingerprint density at radius 2 is 1.60 bits per heavy atom. The first-order valence-corrected chi connectivity index (χ1v) is 28.1. The first kappa shape index (κ1) is 61.9. The molecular weight excluding hydrogens is 1040 g/mol. The Morgan fingerprint density at radius 1 is 0.847 bits per heavy atom. The van der Waals surface area contributed by atoms with E-state index < -0.39 is 77.8 Å². The van der Waals surface area contributed by atoms with E-state index in [9.17, 15) is 34.2 Å². The molecule has 2 bridgehead atoms. The summed E-state index contributed by atoms with van der Waals surface area (Å²) in [7, 11) is 4.67. The fourth-order valence-corrected chi connectivity index (χ4v) is 11.1. The number of carbonyl (C=O) groups is 5. The molecule has 408 valence electrons. The van der Waals surface area contributed by atoms with Crippen LogP contribution in [-0.2, 0) is 57.1 Å². The Morgan fingerprint density at radius 3 is 2.29 bits per heavy atom. The monoisotopic (exact) mass is 1130 g/mol. The molecule has 72 heavy (non-hydrogen) atoms. The summed E-state index contributed by atoms with van der Waals surface area (Å²) < 4.78 is 42.9. The van der Waals surface area contributed by atoms with E-state index >= 15 is 0 Å². The number of methoxy groups -OCH3 is 3. The van der Waals surface area contributed by atoms with Crippen LogP contribution in [0.2, 0.25) is 0 Å². The Labute approximate surface area is 443 Å². The number of fused-ring (bicyclic) bond motifs is 3. The number of aliphatic hydroxyl groups excluding tert-OH is 1. The van der Waals surface area contributed by atoms with Crippen molar-refractivity contribution in [3.63, 3.8) is 0 Å². The van der Waals surface area contributed by atoms with Crippen molar-refractivity contribution in [1.29, 1.82) is 0 Å². The largest absolute Gasteiger partial charge is 0.460 e. The fourth-order valence-electron chi connectivity index (χ4n) is 10.8. The van der Waals surface area contributed by atoms with Crippen molar-refractivity contribution in [3.05, 3.63) is 47.6 Å². The van der Waals surface area contributed by atoms with E-state index in [4.69, 9.17) is 33.2 Å². The van der Waals surface area contributed by atoms with Gasteiger partial charge in [0.2, 0.25) is 5.79 Å². The molecule has 0 radical (unpaired) electrons. The molecule has 3 heterocycles. The van der Waals surface area contributed by atoms with Gasteiger partial charge in [-0.25, -0.2) is 4.79 Å². The van der Waals surface area contributed by atoms with Crippen molar-refractivity contribution in [3.8, 4) is 0 Å². The molecule has 1 amide bonds. The van der Waals surface area contributed by atoms with E-state index in [1.807, 2.05) is 58.1 Å². The highest BCUT2D eigenvalue weighted by Crippen LogP contribution is 2.38.